The van der Waals surface area contributed by atoms with Gasteiger partial charge in [0.25, 0.3) is 0 Å². The number of rotatable bonds is 3. The van der Waals surface area contributed by atoms with Crippen LogP contribution in [0.15, 0.2) is 47.3 Å². The monoisotopic (exact) mass is 406 g/mol. The number of ether oxygens (including phenoxy) is 1. The zero-order valence-electron chi connectivity index (χ0n) is 13.6. The topological polar surface area (TPSA) is 84.2 Å². The zero-order chi connectivity index (χ0) is 19.1. The average molecular weight is 406 g/mol. The number of carboxylic acids is 1. The van der Waals surface area contributed by atoms with E-state index >= 15 is 0 Å². The first-order chi connectivity index (χ1) is 12.2. The SMILES string of the molecule is O=C([O-])c1nn(-c2ccc(OC(F)(F)F)cc2)c2cccc(F)c2c1=O.[K+]. The Morgan fingerprint density at radius 2 is 1.74 bits per heavy atom. The molecule has 0 N–H and O–H groups in total. The molecular formula is C16H7F4KN2O4. The number of hydrogen-bond acceptors (Lipinski definition) is 5. The molecule has 27 heavy (non-hydrogen) atoms. The second-order valence-corrected chi connectivity index (χ2v) is 5.05. The Morgan fingerprint density at radius 3 is 2.30 bits per heavy atom. The standard InChI is InChI=1S/C16H8F4N2O4.K/c17-10-2-1-3-11-12(10)14(23)13(15(24)25)21-22(11)8-4-6-9(7-5-8)26-16(18,19)20;/h1-7H,(H,24,25);/q;+1/p-1. The molecule has 0 amide bonds. The van der Waals surface area contributed by atoms with Crippen molar-refractivity contribution in [2.75, 3.05) is 0 Å². The summed E-state index contributed by atoms with van der Waals surface area (Å²) in [6, 6.07) is 7.76. The Balaban J connectivity index is 0.00000261. The van der Waals surface area contributed by atoms with Gasteiger partial charge in [-0.05, 0) is 36.4 Å². The molecule has 0 aliphatic heterocycles. The van der Waals surface area contributed by atoms with E-state index in [1.807, 2.05) is 0 Å². The average Bonchev–Trinajstić information content (AvgIpc) is 2.54. The molecule has 0 radical (unpaired) electrons. The van der Waals surface area contributed by atoms with Crippen molar-refractivity contribution in [3.8, 4) is 11.4 Å². The minimum absolute atomic E-state index is 0. The van der Waals surface area contributed by atoms with E-state index in [1.165, 1.54) is 12.1 Å². The number of aromatic nitrogens is 2. The molecule has 0 aliphatic carbocycles. The van der Waals surface area contributed by atoms with Gasteiger partial charge in [-0.2, -0.15) is 5.10 Å². The summed E-state index contributed by atoms with van der Waals surface area (Å²) in [4.78, 5) is 23.2. The quantitative estimate of drug-likeness (QED) is 0.403. The molecule has 3 aromatic rings. The zero-order valence-corrected chi connectivity index (χ0v) is 16.7. The molecule has 0 spiro atoms. The van der Waals surface area contributed by atoms with E-state index in [4.69, 9.17) is 0 Å². The molecule has 11 heteroatoms. The Labute approximate surface area is 190 Å². The first-order valence-electron chi connectivity index (χ1n) is 6.96. The molecule has 6 nitrogen and oxygen atoms in total. The number of carbonyl (C=O) groups is 1. The van der Waals surface area contributed by atoms with Crippen LogP contribution in [0.2, 0.25) is 0 Å². The van der Waals surface area contributed by atoms with Gasteiger partial charge in [0.05, 0.1) is 22.6 Å². The number of halogens is 4. The first-order valence-corrected chi connectivity index (χ1v) is 6.96. The van der Waals surface area contributed by atoms with Gasteiger partial charge in [-0.15, -0.1) is 13.2 Å². The Morgan fingerprint density at radius 1 is 1.11 bits per heavy atom. The van der Waals surface area contributed by atoms with Crippen molar-refractivity contribution >= 4 is 16.9 Å². The van der Waals surface area contributed by atoms with Crippen molar-refractivity contribution in [3.05, 3.63) is 64.2 Å². The molecule has 1 heterocycles. The third kappa shape index (κ3) is 4.55. The van der Waals surface area contributed by atoms with Gasteiger partial charge in [-0.25, -0.2) is 9.07 Å². The molecule has 0 saturated carbocycles. The minimum atomic E-state index is -4.88. The van der Waals surface area contributed by atoms with Gasteiger partial charge < -0.3 is 14.6 Å². The van der Waals surface area contributed by atoms with E-state index in [0.717, 1.165) is 35.0 Å². The van der Waals surface area contributed by atoms with E-state index in [1.54, 1.807) is 0 Å². The van der Waals surface area contributed by atoms with Crippen LogP contribution in [0, 0.1) is 5.82 Å². The van der Waals surface area contributed by atoms with E-state index in [2.05, 4.69) is 9.84 Å². The number of carboxylic acid groups (broad SMARTS) is 1. The Bertz CT molecular complexity index is 1060. The predicted octanol–water partition coefficient (Wildman–Crippen LogP) is -1.21. The molecule has 0 saturated heterocycles. The number of hydrogen-bond donors (Lipinski definition) is 0. The number of alkyl halides is 3. The van der Waals surface area contributed by atoms with Gasteiger partial charge in [0.15, 0.2) is 5.69 Å². The van der Waals surface area contributed by atoms with Crippen LogP contribution in [0.5, 0.6) is 5.75 Å². The number of carbonyl (C=O) groups excluding carboxylic acids is 1. The minimum Gasteiger partial charge on any atom is -0.543 e. The molecule has 134 valence electrons. The summed E-state index contributed by atoms with van der Waals surface area (Å²) in [5.41, 5.74) is -2.17. The molecule has 3 rings (SSSR count). The molecule has 0 bridgehead atoms. The number of fused-ring (bicyclic) bond motifs is 1. The fraction of sp³-hybridized carbons (Fsp3) is 0.0625. The molecule has 0 fully saturated rings. The number of benzene rings is 2. The van der Waals surface area contributed by atoms with E-state index < -0.39 is 40.4 Å². The van der Waals surface area contributed by atoms with Crippen LogP contribution < -0.4 is 66.7 Å². The maximum atomic E-state index is 14.0. The maximum Gasteiger partial charge on any atom is 1.00 e. The van der Waals surface area contributed by atoms with Gasteiger partial charge in [-0.3, -0.25) is 4.79 Å². The summed E-state index contributed by atoms with van der Waals surface area (Å²) in [5.74, 6) is -3.40. The summed E-state index contributed by atoms with van der Waals surface area (Å²) in [6.07, 6.45) is -4.88. The van der Waals surface area contributed by atoms with Crippen molar-refractivity contribution in [2.24, 2.45) is 0 Å². The second-order valence-electron chi connectivity index (χ2n) is 5.05. The largest absolute Gasteiger partial charge is 1.00 e. The van der Waals surface area contributed by atoms with Crippen molar-refractivity contribution in [2.45, 2.75) is 6.36 Å². The number of aromatic carboxylic acids is 1. The summed E-state index contributed by atoms with van der Waals surface area (Å²) in [7, 11) is 0. The Kier molecular flexibility index (Phi) is 6.42. The van der Waals surface area contributed by atoms with E-state index in [-0.39, 0.29) is 62.6 Å². The van der Waals surface area contributed by atoms with Crippen LogP contribution in [0.4, 0.5) is 17.6 Å². The van der Waals surface area contributed by atoms with Crippen LogP contribution in [0.3, 0.4) is 0 Å². The van der Waals surface area contributed by atoms with Crippen molar-refractivity contribution in [3.63, 3.8) is 0 Å². The van der Waals surface area contributed by atoms with Crippen LogP contribution >= 0.6 is 0 Å². The van der Waals surface area contributed by atoms with E-state index in [0.29, 0.717) is 0 Å². The summed E-state index contributed by atoms with van der Waals surface area (Å²) in [6.45, 7) is 0. The molecular weight excluding hydrogens is 399 g/mol. The molecule has 1 aromatic heterocycles. The van der Waals surface area contributed by atoms with Crippen molar-refractivity contribution in [1.82, 2.24) is 9.78 Å². The van der Waals surface area contributed by atoms with Gasteiger partial charge in [-0.1, -0.05) is 6.07 Å². The van der Waals surface area contributed by atoms with Crippen molar-refractivity contribution < 1.29 is 83.6 Å². The van der Waals surface area contributed by atoms with Crippen LogP contribution in [-0.2, 0) is 0 Å². The summed E-state index contributed by atoms with van der Waals surface area (Å²) >= 11 is 0. The summed E-state index contributed by atoms with van der Waals surface area (Å²) in [5, 5.41) is 14.2. The molecule has 0 unspecified atom stereocenters. The normalized spacial score (nSPS) is 11.1. The van der Waals surface area contributed by atoms with Gasteiger partial charge >= 0.3 is 57.7 Å². The fourth-order valence-corrected chi connectivity index (χ4v) is 2.35. The van der Waals surface area contributed by atoms with Crippen molar-refractivity contribution in [1.29, 1.82) is 0 Å². The van der Waals surface area contributed by atoms with E-state index in [9.17, 15) is 32.3 Å². The third-order valence-electron chi connectivity index (χ3n) is 3.37. The second kappa shape index (κ2) is 8.06. The first kappa shape index (κ1) is 21.5. The maximum absolute atomic E-state index is 14.0. The summed E-state index contributed by atoms with van der Waals surface area (Å²) < 4.78 is 55.3. The third-order valence-corrected chi connectivity index (χ3v) is 3.37. The molecule has 2 aromatic carbocycles. The van der Waals surface area contributed by atoms with Crippen LogP contribution in [0.25, 0.3) is 16.6 Å². The fourth-order valence-electron chi connectivity index (χ4n) is 2.35. The Hall–Kier alpha value is -1.79. The predicted molar refractivity (Wildman–Crippen MR) is 78.3 cm³/mol. The molecule has 0 aliphatic rings. The molecule has 0 atom stereocenters. The van der Waals surface area contributed by atoms with Crippen LogP contribution in [0.1, 0.15) is 10.5 Å². The van der Waals surface area contributed by atoms with Gasteiger partial charge in [0, 0.05) is 0 Å². The van der Waals surface area contributed by atoms with Gasteiger partial charge in [0.1, 0.15) is 11.6 Å². The smallest absolute Gasteiger partial charge is 0.543 e. The van der Waals surface area contributed by atoms with Crippen LogP contribution in [-0.4, -0.2) is 22.1 Å². The van der Waals surface area contributed by atoms with Gasteiger partial charge in [0.2, 0.25) is 5.43 Å². The number of nitrogens with zero attached hydrogens (tertiary/aromatic N) is 2.